The van der Waals surface area contributed by atoms with Crippen LogP contribution in [0.15, 0.2) is 71.8 Å². The van der Waals surface area contributed by atoms with E-state index in [-0.39, 0.29) is 0 Å². The van der Waals surface area contributed by atoms with Crippen LogP contribution >= 0.6 is 11.3 Å². The first-order valence-corrected chi connectivity index (χ1v) is 9.01. The monoisotopic (exact) mass is 372 g/mol. The summed E-state index contributed by atoms with van der Waals surface area (Å²) in [6, 6.07) is 7.98. The maximum atomic E-state index is 4.82. The molecule has 0 saturated carbocycles. The van der Waals surface area contributed by atoms with Gasteiger partial charge in [-0.05, 0) is 31.0 Å². The fraction of sp³-hybridized carbons (Fsp3) is 0.0500. The van der Waals surface area contributed by atoms with E-state index < -0.39 is 0 Å². The summed E-state index contributed by atoms with van der Waals surface area (Å²) in [7, 11) is 1.97. The summed E-state index contributed by atoms with van der Waals surface area (Å²) in [6.07, 6.45) is 8.82. The van der Waals surface area contributed by atoms with Crippen LogP contribution in [-0.2, 0) is 7.05 Å². The minimum absolute atomic E-state index is 0.440. The molecule has 0 spiro atoms. The molecule has 27 heavy (non-hydrogen) atoms. The minimum Gasteiger partial charge on any atom is -0.349 e. The molecule has 7 heteroatoms. The molecular weight excluding hydrogens is 356 g/mol. The number of aliphatic imine (C=N–C) groups is 2. The van der Waals surface area contributed by atoms with Crippen LogP contribution in [0, 0.1) is 0 Å². The molecule has 4 rings (SSSR count). The first kappa shape index (κ1) is 17.0. The molecular formula is C20H16N6S. The van der Waals surface area contributed by atoms with E-state index in [4.69, 9.17) is 4.98 Å². The summed E-state index contributed by atoms with van der Waals surface area (Å²) >= 11 is 1.57. The van der Waals surface area contributed by atoms with Crippen LogP contribution in [0.1, 0.15) is 5.69 Å². The smallest absolute Gasteiger partial charge is 0.179 e. The molecule has 6 nitrogen and oxygen atoms in total. The van der Waals surface area contributed by atoms with Crippen LogP contribution in [0.5, 0.6) is 0 Å². The van der Waals surface area contributed by atoms with Gasteiger partial charge in [0.1, 0.15) is 10.7 Å². The first-order valence-electron chi connectivity index (χ1n) is 8.19. The summed E-state index contributed by atoms with van der Waals surface area (Å²) in [5.41, 5.74) is 3.41. The summed E-state index contributed by atoms with van der Waals surface area (Å²) < 4.78 is 2.00. The zero-order valence-corrected chi connectivity index (χ0v) is 15.5. The maximum absolute atomic E-state index is 4.82. The van der Waals surface area contributed by atoms with E-state index in [9.17, 15) is 0 Å². The van der Waals surface area contributed by atoms with Gasteiger partial charge >= 0.3 is 0 Å². The number of amidine groups is 1. The molecule has 0 aromatic carbocycles. The molecule has 0 saturated heterocycles. The zero-order valence-electron chi connectivity index (χ0n) is 14.7. The Kier molecular flexibility index (Phi) is 4.43. The quantitative estimate of drug-likeness (QED) is 0.395. The first-order chi connectivity index (χ1) is 13.2. The maximum Gasteiger partial charge on any atom is 0.179 e. The Labute approximate surface area is 160 Å². The highest BCUT2D eigenvalue weighted by atomic mass is 32.1. The molecule has 132 valence electrons. The predicted molar refractivity (Wildman–Crippen MR) is 111 cm³/mol. The second-order valence-corrected chi connectivity index (χ2v) is 6.82. The summed E-state index contributed by atoms with van der Waals surface area (Å²) in [5, 5.41) is 1.95. The molecule has 0 unspecified atom stereocenters. The molecule has 0 N–H and O–H groups in total. The van der Waals surface area contributed by atoms with Gasteiger partial charge in [-0.25, -0.2) is 20.0 Å². The lowest BCUT2D eigenvalue weighted by Gasteiger charge is -2.07. The lowest BCUT2D eigenvalue weighted by molar-refractivity contribution is 0.963. The van der Waals surface area contributed by atoms with Gasteiger partial charge in [-0.1, -0.05) is 6.58 Å². The van der Waals surface area contributed by atoms with E-state index in [1.54, 1.807) is 23.7 Å². The standard InChI is InChI=1S/C20H16N6S/c1-4-23-19(21-2)17-18-13(7-9-26(18)3)10-15(25-17)16-12-24-20(27-16)14-6-5-8-22-11-14/h4-12H,1-2H2,3H3. The van der Waals surface area contributed by atoms with Crippen LogP contribution in [0.25, 0.3) is 32.0 Å². The van der Waals surface area contributed by atoms with Crippen molar-refractivity contribution in [2.24, 2.45) is 17.0 Å². The van der Waals surface area contributed by atoms with Crippen molar-refractivity contribution < 1.29 is 0 Å². The van der Waals surface area contributed by atoms with Gasteiger partial charge in [-0.2, -0.15) is 0 Å². The van der Waals surface area contributed by atoms with Crippen molar-refractivity contribution >= 4 is 34.8 Å². The van der Waals surface area contributed by atoms with Crippen LogP contribution in [-0.4, -0.2) is 32.1 Å². The van der Waals surface area contributed by atoms with Gasteiger partial charge in [-0.3, -0.25) is 4.98 Å². The Morgan fingerprint density at radius 1 is 1.30 bits per heavy atom. The highest BCUT2D eigenvalue weighted by molar-refractivity contribution is 7.18. The van der Waals surface area contributed by atoms with Crippen molar-refractivity contribution in [3.8, 4) is 21.1 Å². The number of hydrogen-bond acceptors (Lipinski definition) is 5. The fourth-order valence-corrected chi connectivity index (χ4v) is 3.75. The normalized spacial score (nSPS) is 11.7. The van der Waals surface area contributed by atoms with Crippen LogP contribution in [0.4, 0.5) is 0 Å². The van der Waals surface area contributed by atoms with E-state index >= 15 is 0 Å². The fourth-order valence-electron chi connectivity index (χ4n) is 2.88. The van der Waals surface area contributed by atoms with Crippen LogP contribution in [0.3, 0.4) is 0 Å². The summed E-state index contributed by atoms with van der Waals surface area (Å²) in [6.45, 7) is 7.29. The van der Waals surface area contributed by atoms with E-state index in [0.717, 1.165) is 32.0 Å². The van der Waals surface area contributed by atoms with Crippen LogP contribution in [0.2, 0.25) is 0 Å². The van der Waals surface area contributed by atoms with Gasteiger partial charge in [0.2, 0.25) is 0 Å². The second-order valence-electron chi connectivity index (χ2n) is 5.79. The van der Waals surface area contributed by atoms with Gasteiger partial charge in [0.05, 0.1) is 16.1 Å². The molecule has 4 aromatic rings. The van der Waals surface area contributed by atoms with Gasteiger partial charge in [0.25, 0.3) is 0 Å². The summed E-state index contributed by atoms with van der Waals surface area (Å²) in [4.78, 5) is 22.7. The number of hydrogen-bond donors (Lipinski definition) is 0. The molecule has 0 atom stereocenters. The van der Waals surface area contributed by atoms with Crippen molar-refractivity contribution in [1.29, 1.82) is 0 Å². The highest BCUT2D eigenvalue weighted by Gasteiger charge is 2.16. The van der Waals surface area contributed by atoms with Gasteiger partial charge in [-0.15, -0.1) is 11.3 Å². The van der Waals surface area contributed by atoms with Crippen molar-refractivity contribution in [3.63, 3.8) is 0 Å². The number of rotatable bonds is 4. The highest BCUT2D eigenvalue weighted by Crippen LogP contribution is 2.33. The lowest BCUT2D eigenvalue weighted by atomic mass is 10.2. The van der Waals surface area contributed by atoms with Crippen LogP contribution < -0.4 is 0 Å². The molecule has 0 radical (unpaired) electrons. The average Bonchev–Trinajstić information content (AvgIpc) is 3.34. The topological polar surface area (TPSA) is 68.3 Å². The van der Waals surface area contributed by atoms with E-state index in [1.807, 2.05) is 48.3 Å². The second kappa shape index (κ2) is 7.05. The van der Waals surface area contributed by atoms with Crippen molar-refractivity contribution in [3.05, 3.63) is 67.5 Å². The molecule has 0 aliphatic heterocycles. The van der Waals surface area contributed by atoms with Crippen molar-refractivity contribution in [2.45, 2.75) is 0 Å². The third kappa shape index (κ3) is 3.09. The molecule has 4 aromatic heterocycles. The molecule has 0 fully saturated rings. The number of thiazole rings is 1. The number of fused-ring (bicyclic) bond motifs is 1. The number of aromatic nitrogens is 4. The lowest BCUT2D eigenvalue weighted by Crippen LogP contribution is -2.04. The SMILES string of the molecule is C=CN=C(N=C)c1nc(-c2cnc(-c3cccnc3)s2)cc2ccn(C)c12. The third-order valence-corrected chi connectivity index (χ3v) is 5.16. The zero-order chi connectivity index (χ0) is 18.8. The van der Waals surface area contributed by atoms with Crippen molar-refractivity contribution in [2.75, 3.05) is 0 Å². The largest absolute Gasteiger partial charge is 0.349 e. The Balaban J connectivity index is 1.88. The van der Waals surface area contributed by atoms with Gasteiger partial charge in [0, 0.05) is 49.0 Å². The molecule has 0 aliphatic carbocycles. The number of aryl methyl sites for hydroxylation is 1. The molecule has 0 bridgehead atoms. The molecule has 4 heterocycles. The van der Waals surface area contributed by atoms with E-state index in [0.29, 0.717) is 11.5 Å². The Bertz CT molecular complexity index is 1170. The minimum atomic E-state index is 0.440. The number of pyridine rings is 2. The Morgan fingerprint density at radius 2 is 2.19 bits per heavy atom. The Hall–Kier alpha value is -3.45. The summed E-state index contributed by atoms with van der Waals surface area (Å²) in [5.74, 6) is 0.440. The Morgan fingerprint density at radius 3 is 2.93 bits per heavy atom. The predicted octanol–water partition coefficient (Wildman–Crippen LogP) is 4.35. The third-order valence-electron chi connectivity index (χ3n) is 4.09. The molecule has 0 amide bonds. The van der Waals surface area contributed by atoms with Crippen molar-refractivity contribution in [1.82, 2.24) is 19.5 Å². The molecule has 0 aliphatic rings. The van der Waals surface area contributed by atoms with Gasteiger partial charge < -0.3 is 4.57 Å². The number of nitrogens with zero attached hydrogens (tertiary/aromatic N) is 6. The van der Waals surface area contributed by atoms with E-state index in [1.165, 1.54) is 6.20 Å². The average molecular weight is 372 g/mol. The van der Waals surface area contributed by atoms with E-state index in [2.05, 4.69) is 33.2 Å². The van der Waals surface area contributed by atoms with Gasteiger partial charge in [0.15, 0.2) is 5.84 Å².